The summed E-state index contributed by atoms with van der Waals surface area (Å²) in [5.74, 6) is -0.442. The van der Waals surface area contributed by atoms with Crippen molar-refractivity contribution in [3.63, 3.8) is 0 Å². The summed E-state index contributed by atoms with van der Waals surface area (Å²) in [5, 5.41) is 3.21. The van der Waals surface area contributed by atoms with E-state index in [0.717, 1.165) is 32.7 Å². The van der Waals surface area contributed by atoms with E-state index in [2.05, 4.69) is 10.2 Å². The second-order valence-electron chi connectivity index (χ2n) is 4.52. The van der Waals surface area contributed by atoms with E-state index in [1.807, 2.05) is 0 Å². The Morgan fingerprint density at radius 1 is 1.33 bits per heavy atom. The van der Waals surface area contributed by atoms with E-state index in [1.54, 1.807) is 7.05 Å². The van der Waals surface area contributed by atoms with Crippen LogP contribution in [0.3, 0.4) is 0 Å². The molecule has 1 aliphatic heterocycles. The summed E-state index contributed by atoms with van der Waals surface area (Å²) in [7, 11) is 1.56. The highest BCUT2D eigenvalue weighted by Crippen LogP contribution is 2.21. The summed E-state index contributed by atoms with van der Waals surface area (Å²) >= 11 is 0. The molecule has 0 saturated carbocycles. The number of nitrogens with zero attached hydrogens (tertiary/aromatic N) is 2. The van der Waals surface area contributed by atoms with Crippen molar-refractivity contribution in [3.05, 3.63) is 0 Å². The van der Waals surface area contributed by atoms with E-state index >= 15 is 0 Å². The van der Waals surface area contributed by atoms with E-state index in [-0.39, 0.29) is 0 Å². The minimum Gasteiger partial charge on any atom is -0.344 e. The topological polar surface area (TPSA) is 35.6 Å². The third-order valence-corrected chi connectivity index (χ3v) is 3.01. The smallest absolute Gasteiger partial charge is 0.344 e. The van der Waals surface area contributed by atoms with E-state index in [9.17, 15) is 18.0 Å². The first-order chi connectivity index (χ1) is 8.38. The SMILES string of the molecule is CN(CCN1CCNCC1)C(=O)CCC(F)(F)F. The average Bonchev–Trinajstić information content (AvgIpc) is 2.33. The van der Waals surface area contributed by atoms with Crippen LogP contribution in [0.4, 0.5) is 13.2 Å². The van der Waals surface area contributed by atoms with Gasteiger partial charge in [-0.05, 0) is 0 Å². The van der Waals surface area contributed by atoms with Crippen LogP contribution in [0.1, 0.15) is 12.8 Å². The first kappa shape index (κ1) is 15.2. The molecule has 0 bridgehead atoms. The minimum absolute atomic E-state index is 0.442. The Kier molecular flexibility index (Phi) is 5.87. The molecule has 1 amide bonds. The summed E-state index contributed by atoms with van der Waals surface area (Å²) in [6, 6.07) is 0. The van der Waals surface area contributed by atoms with Gasteiger partial charge < -0.3 is 10.2 Å². The number of amides is 1. The molecule has 0 aliphatic carbocycles. The summed E-state index contributed by atoms with van der Waals surface area (Å²) < 4.78 is 35.9. The number of carbonyl (C=O) groups is 1. The molecule has 4 nitrogen and oxygen atoms in total. The highest BCUT2D eigenvalue weighted by atomic mass is 19.4. The number of likely N-dealkylation sites (N-methyl/N-ethyl adjacent to an activating group) is 1. The van der Waals surface area contributed by atoms with Gasteiger partial charge in [0.15, 0.2) is 0 Å². The molecule has 0 aromatic carbocycles. The van der Waals surface area contributed by atoms with Crippen LogP contribution in [-0.2, 0) is 4.79 Å². The van der Waals surface area contributed by atoms with Crippen LogP contribution in [0.15, 0.2) is 0 Å². The van der Waals surface area contributed by atoms with Gasteiger partial charge in [-0.15, -0.1) is 0 Å². The zero-order valence-corrected chi connectivity index (χ0v) is 10.6. The maximum Gasteiger partial charge on any atom is 0.389 e. The predicted octanol–water partition coefficient (Wildman–Crippen LogP) is 0.692. The largest absolute Gasteiger partial charge is 0.389 e. The molecule has 0 aromatic heterocycles. The summed E-state index contributed by atoms with van der Waals surface area (Å²) in [5.41, 5.74) is 0. The Hall–Kier alpha value is -0.820. The van der Waals surface area contributed by atoms with E-state index < -0.39 is 24.9 Å². The molecule has 1 saturated heterocycles. The maximum atomic E-state index is 12.0. The van der Waals surface area contributed by atoms with Crippen molar-refractivity contribution in [3.8, 4) is 0 Å². The van der Waals surface area contributed by atoms with Crippen LogP contribution >= 0.6 is 0 Å². The van der Waals surface area contributed by atoms with Crippen molar-refractivity contribution in [2.75, 3.05) is 46.3 Å². The van der Waals surface area contributed by atoms with Gasteiger partial charge >= 0.3 is 6.18 Å². The van der Waals surface area contributed by atoms with Gasteiger partial charge in [0, 0.05) is 52.7 Å². The minimum atomic E-state index is -4.25. The third-order valence-electron chi connectivity index (χ3n) is 3.01. The second kappa shape index (κ2) is 6.94. The van der Waals surface area contributed by atoms with Gasteiger partial charge in [0.05, 0.1) is 6.42 Å². The summed E-state index contributed by atoms with van der Waals surface area (Å²) in [6.45, 7) is 4.89. The van der Waals surface area contributed by atoms with Crippen molar-refractivity contribution in [1.82, 2.24) is 15.1 Å². The highest BCUT2D eigenvalue weighted by Gasteiger charge is 2.28. The summed E-state index contributed by atoms with van der Waals surface area (Å²) in [6.07, 6.45) is -5.75. The zero-order chi connectivity index (χ0) is 13.6. The number of hydrogen-bond acceptors (Lipinski definition) is 3. The molecule has 1 N–H and O–H groups in total. The molecule has 18 heavy (non-hydrogen) atoms. The predicted molar refractivity (Wildman–Crippen MR) is 62.2 cm³/mol. The van der Waals surface area contributed by atoms with Gasteiger partial charge in [-0.1, -0.05) is 0 Å². The lowest BCUT2D eigenvalue weighted by Crippen LogP contribution is -2.46. The molecule has 1 aliphatic rings. The second-order valence-corrected chi connectivity index (χ2v) is 4.52. The molecule has 106 valence electrons. The molecular weight excluding hydrogens is 247 g/mol. The van der Waals surface area contributed by atoms with Gasteiger partial charge in [-0.25, -0.2) is 0 Å². The van der Waals surface area contributed by atoms with Crippen LogP contribution in [-0.4, -0.2) is 68.2 Å². The van der Waals surface area contributed by atoms with Gasteiger partial charge in [-0.3, -0.25) is 9.69 Å². The van der Waals surface area contributed by atoms with E-state index in [1.165, 1.54) is 4.90 Å². The number of rotatable bonds is 5. The Balaban J connectivity index is 2.18. The first-order valence-corrected chi connectivity index (χ1v) is 6.12. The van der Waals surface area contributed by atoms with Crippen molar-refractivity contribution < 1.29 is 18.0 Å². The fourth-order valence-corrected chi connectivity index (χ4v) is 1.79. The number of hydrogen-bond donors (Lipinski definition) is 1. The lowest BCUT2D eigenvalue weighted by atomic mass is 10.2. The quantitative estimate of drug-likeness (QED) is 0.796. The van der Waals surface area contributed by atoms with Crippen LogP contribution in [0.2, 0.25) is 0 Å². The molecule has 0 radical (unpaired) electrons. The van der Waals surface area contributed by atoms with Crippen molar-refractivity contribution >= 4 is 5.91 Å². The number of nitrogens with one attached hydrogen (secondary N) is 1. The number of carbonyl (C=O) groups excluding carboxylic acids is 1. The molecule has 1 fully saturated rings. The Bertz CT molecular complexity index is 265. The zero-order valence-electron chi connectivity index (χ0n) is 10.6. The van der Waals surface area contributed by atoms with Crippen molar-refractivity contribution in [1.29, 1.82) is 0 Å². The highest BCUT2D eigenvalue weighted by molar-refractivity contribution is 5.75. The lowest BCUT2D eigenvalue weighted by Gasteiger charge is -2.29. The maximum absolute atomic E-state index is 12.0. The molecule has 7 heteroatoms. The fraction of sp³-hybridized carbons (Fsp3) is 0.909. The normalized spacial score (nSPS) is 17.8. The molecule has 0 spiro atoms. The van der Waals surface area contributed by atoms with Crippen LogP contribution in [0, 0.1) is 0 Å². The molecule has 0 aromatic rings. The fourth-order valence-electron chi connectivity index (χ4n) is 1.79. The third kappa shape index (κ3) is 6.20. The monoisotopic (exact) mass is 267 g/mol. The van der Waals surface area contributed by atoms with Gasteiger partial charge in [-0.2, -0.15) is 13.2 Å². The van der Waals surface area contributed by atoms with E-state index in [0.29, 0.717) is 6.54 Å². The molecule has 1 rings (SSSR count). The standard InChI is InChI=1S/C11H20F3N3O/c1-16(10(18)2-3-11(12,13)14)8-9-17-6-4-15-5-7-17/h15H,2-9H2,1H3. The average molecular weight is 267 g/mol. The van der Waals surface area contributed by atoms with Crippen LogP contribution in [0.5, 0.6) is 0 Å². The molecule has 0 unspecified atom stereocenters. The molecular formula is C11H20F3N3O. The van der Waals surface area contributed by atoms with Crippen molar-refractivity contribution in [2.24, 2.45) is 0 Å². The van der Waals surface area contributed by atoms with Crippen LogP contribution in [0.25, 0.3) is 0 Å². The molecule has 1 heterocycles. The van der Waals surface area contributed by atoms with Gasteiger partial charge in [0.25, 0.3) is 0 Å². The van der Waals surface area contributed by atoms with Crippen molar-refractivity contribution in [2.45, 2.75) is 19.0 Å². The summed E-state index contributed by atoms with van der Waals surface area (Å²) in [4.78, 5) is 15.0. The van der Waals surface area contributed by atoms with Gasteiger partial charge in [0.1, 0.15) is 0 Å². The Labute approximate surface area is 105 Å². The molecule has 0 atom stereocenters. The number of halogens is 3. The number of alkyl halides is 3. The van der Waals surface area contributed by atoms with Crippen LogP contribution < -0.4 is 5.32 Å². The Morgan fingerprint density at radius 3 is 2.50 bits per heavy atom. The first-order valence-electron chi connectivity index (χ1n) is 6.12. The lowest BCUT2D eigenvalue weighted by molar-refractivity contribution is -0.148. The Morgan fingerprint density at radius 2 is 1.94 bits per heavy atom. The van der Waals surface area contributed by atoms with Gasteiger partial charge in [0.2, 0.25) is 5.91 Å². The van der Waals surface area contributed by atoms with E-state index in [4.69, 9.17) is 0 Å². The number of piperazine rings is 1.